The Balaban J connectivity index is 1.27. The number of ether oxygens (including phenoxy) is 1. The molecule has 4 saturated heterocycles. The summed E-state index contributed by atoms with van der Waals surface area (Å²) in [7, 11) is 0. The highest BCUT2D eigenvalue weighted by Crippen LogP contribution is 2.42. The first-order valence-electron chi connectivity index (χ1n) is 15.3. The number of phenolic OH excluding ortho intramolecular Hbond substituents is 1. The standard InChI is InChI=1S/C34H35F2N5O2/c1-2-20-5-3-6-21-11-25(42)12-26(30(20)21)32-31(36)33-27(15-37-32)28(40-17-23-7-8-24(18-40)38-23)13-29(39-33)43-19-34-9-4-10-41(34)16-22(35)14-34/h2-3,5-6,11-13,15,22-24,38,42H,1,4,7-10,14,16-19H2/t22-,23?,24?,34?/m1/s1. The van der Waals surface area contributed by atoms with Gasteiger partial charge in [-0.3, -0.25) is 9.88 Å². The van der Waals surface area contributed by atoms with Gasteiger partial charge in [-0.2, -0.15) is 0 Å². The lowest BCUT2D eigenvalue weighted by Crippen LogP contribution is -2.51. The zero-order valence-corrected chi connectivity index (χ0v) is 24.0. The number of alkyl halides is 1. The van der Waals surface area contributed by atoms with Gasteiger partial charge in [0.25, 0.3) is 0 Å². The Bertz CT molecular complexity index is 1750. The van der Waals surface area contributed by atoms with Gasteiger partial charge < -0.3 is 20.1 Å². The summed E-state index contributed by atoms with van der Waals surface area (Å²) in [6.07, 6.45) is 7.14. The van der Waals surface area contributed by atoms with Gasteiger partial charge in [0.05, 0.1) is 11.2 Å². The molecule has 4 aromatic rings. The van der Waals surface area contributed by atoms with Crippen LogP contribution in [-0.2, 0) is 0 Å². The molecule has 7 nitrogen and oxygen atoms in total. The smallest absolute Gasteiger partial charge is 0.216 e. The van der Waals surface area contributed by atoms with E-state index in [-0.39, 0.29) is 22.5 Å². The molecule has 4 aliphatic rings. The van der Waals surface area contributed by atoms with Crippen molar-refractivity contribution < 1.29 is 18.6 Å². The molecule has 2 N–H and O–H groups in total. The third-order valence-electron chi connectivity index (χ3n) is 10.0. The molecule has 9 heteroatoms. The van der Waals surface area contributed by atoms with Crippen molar-refractivity contribution in [1.82, 2.24) is 20.2 Å². The summed E-state index contributed by atoms with van der Waals surface area (Å²) in [5.74, 6) is -0.214. The number of nitrogens with one attached hydrogen (secondary N) is 1. The van der Waals surface area contributed by atoms with Crippen LogP contribution in [0, 0.1) is 5.82 Å². The molecule has 0 aliphatic carbocycles. The minimum Gasteiger partial charge on any atom is -0.508 e. The van der Waals surface area contributed by atoms with E-state index in [1.807, 2.05) is 24.3 Å². The maximum Gasteiger partial charge on any atom is 0.216 e. The van der Waals surface area contributed by atoms with Gasteiger partial charge in [-0.1, -0.05) is 30.9 Å². The zero-order chi connectivity index (χ0) is 29.3. The lowest BCUT2D eigenvalue weighted by Gasteiger charge is -2.35. The van der Waals surface area contributed by atoms with Crippen LogP contribution in [0.15, 0.2) is 49.2 Å². The largest absolute Gasteiger partial charge is 0.508 e. The van der Waals surface area contributed by atoms with E-state index in [9.17, 15) is 9.50 Å². The zero-order valence-electron chi connectivity index (χ0n) is 24.0. The Morgan fingerprint density at radius 1 is 1.16 bits per heavy atom. The molecule has 4 fully saturated rings. The Kier molecular flexibility index (Phi) is 6.31. The second-order valence-corrected chi connectivity index (χ2v) is 12.7. The highest BCUT2D eigenvalue weighted by molar-refractivity contribution is 6.04. The SMILES string of the molecule is C=Cc1cccc2cc(O)cc(-c3ncc4c(N5CC6CCC(C5)N6)cc(OCC56CCCN5C[C@H](F)C6)nc4c3F)c12. The van der Waals surface area contributed by atoms with Crippen molar-refractivity contribution in [1.29, 1.82) is 0 Å². The first kappa shape index (κ1) is 26.8. The number of halogens is 2. The van der Waals surface area contributed by atoms with Crippen molar-refractivity contribution >= 4 is 33.4 Å². The summed E-state index contributed by atoms with van der Waals surface area (Å²) in [5.41, 5.74) is 2.08. The number of pyridine rings is 2. The fourth-order valence-corrected chi connectivity index (χ4v) is 8.08. The molecule has 3 unspecified atom stereocenters. The van der Waals surface area contributed by atoms with E-state index >= 15 is 4.39 Å². The number of aromatic hydroxyl groups is 1. The summed E-state index contributed by atoms with van der Waals surface area (Å²) in [6.45, 7) is 7.18. The van der Waals surface area contributed by atoms with Crippen molar-refractivity contribution in [2.45, 2.75) is 55.9 Å². The summed E-state index contributed by atoms with van der Waals surface area (Å²) >= 11 is 0. The Morgan fingerprint density at radius 2 is 2.00 bits per heavy atom. The molecule has 2 aromatic carbocycles. The van der Waals surface area contributed by atoms with Gasteiger partial charge in [0.2, 0.25) is 5.88 Å². The van der Waals surface area contributed by atoms with E-state index in [2.05, 4.69) is 26.7 Å². The topological polar surface area (TPSA) is 73.8 Å². The lowest BCUT2D eigenvalue weighted by atomic mass is 9.95. The molecule has 4 atom stereocenters. The summed E-state index contributed by atoms with van der Waals surface area (Å²) < 4.78 is 37.6. The van der Waals surface area contributed by atoms with Crippen molar-refractivity contribution in [3.05, 3.63) is 60.6 Å². The molecule has 222 valence electrons. The third-order valence-corrected chi connectivity index (χ3v) is 10.0. The molecule has 0 radical (unpaired) electrons. The molecule has 0 spiro atoms. The molecule has 4 aliphatic heterocycles. The third kappa shape index (κ3) is 4.43. The lowest BCUT2D eigenvalue weighted by molar-refractivity contribution is 0.111. The number of benzene rings is 2. The first-order valence-corrected chi connectivity index (χ1v) is 15.3. The van der Waals surface area contributed by atoms with Crippen LogP contribution in [0.2, 0.25) is 0 Å². The van der Waals surface area contributed by atoms with Crippen LogP contribution in [0.5, 0.6) is 11.6 Å². The number of rotatable bonds is 6. The van der Waals surface area contributed by atoms with E-state index in [0.29, 0.717) is 48.5 Å². The second-order valence-electron chi connectivity index (χ2n) is 12.7. The minimum absolute atomic E-state index is 0.0233. The summed E-state index contributed by atoms with van der Waals surface area (Å²) in [4.78, 5) is 13.9. The monoisotopic (exact) mass is 583 g/mol. The van der Waals surface area contributed by atoms with Gasteiger partial charge in [-0.25, -0.2) is 13.8 Å². The van der Waals surface area contributed by atoms with Gasteiger partial charge in [0, 0.05) is 61.4 Å². The molecule has 2 aromatic heterocycles. The fraction of sp³-hybridized carbons (Fsp3) is 0.412. The quantitative estimate of drug-likeness (QED) is 0.296. The number of hydrogen-bond donors (Lipinski definition) is 2. The predicted molar refractivity (Wildman–Crippen MR) is 165 cm³/mol. The molecular weight excluding hydrogens is 548 g/mol. The number of phenols is 1. The number of anilines is 1. The van der Waals surface area contributed by atoms with Crippen molar-refractivity contribution in [3.63, 3.8) is 0 Å². The van der Waals surface area contributed by atoms with Gasteiger partial charge in [0.1, 0.15) is 29.7 Å². The highest BCUT2D eigenvalue weighted by Gasteiger charge is 2.49. The Labute approximate surface area is 249 Å². The fourth-order valence-electron chi connectivity index (χ4n) is 8.08. The Morgan fingerprint density at radius 3 is 2.81 bits per heavy atom. The van der Waals surface area contributed by atoms with Crippen LogP contribution in [0.1, 0.15) is 37.7 Å². The molecular formula is C34H35F2N5O2. The number of aromatic nitrogens is 2. The summed E-state index contributed by atoms with van der Waals surface area (Å²) in [5, 5.41) is 16.4. The summed E-state index contributed by atoms with van der Waals surface area (Å²) in [6, 6.07) is 11.5. The van der Waals surface area contributed by atoms with E-state index in [1.165, 1.54) is 0 Å². The van der Waals surface area contributed by atoms with Crippen LogP contribution in [-0.4, -0.2) is 76.6 Å². The van der Waals surface area contributed by atoms with E-state index in [1.54, 1.807) is 24.4 Å². The van der Waals surface area contributed by atoms with Gasteiger partial charge in [-0.15, -0.1) is 0 Å². The number of nitrogens with zero attached hydrogens (tertiary/aromatic N) is 4. The average molecular weight is 584 g/mol. The number of hydrogen-bond acceptors (Lipinski definition) is 7. The number of fused-ring (bicyclic) bond motifs is 5. The second kappa shape index (κ2) is 10.1. The van der Waals surface area contributed by atoms with Crippen LogP contribution < -0.4 is 15.0 Å². The number of piperazine rings is 1. The highest BCUT2D eigenvalue weighted by atomic mass is 19.1. The average Bonchev–Trinajstić information content (AvgIpc) is 3.65. The minimum atomic E-state index is -0.857. The molecule has 43 heavy (non-hydrogen) atoms. The van der Waals surface area contributed by atoms with E-state index < -0.39 is 12.0 Å². The van der Waals surface area contributed by atoms with Crippen LogP contribution in [0.25, 0.3) is 39.0 Å². The van der Waals surface area contributed by atoms with Gasteiger partial charge >= 0.3 is 0 Å². The maximum atomic E-state index is 16.8. The van der Waals surface area contributed by atoms with Gasteiger partial charge in [-0.05, 0) is 60.7 Å². The normalized spacial score (nSPS) is 26.8. The van der Waals surface area contributed by atoms with Crippen molar-refractivity contribution in [2.75, 3.05) is 37.7 Å². The molecule has 8 rings (SSSR count). The predicted octanol–water partition coefficient (Wildman–Crippen LogP) is 5.83. The molecule has 2 bridgehead atoms. The molecule has 6 heterocycles. The Hall–Kier alpha value is -3.82. The van der Waals surface area contributed by atoms with E-state index in [4.69, 9.17) is 9.72 Å². The van der Waals surface area contributed by atoms with Crippen LogP contribution in [0.4, 0.5) is 14.5 Å². The maximum absolute atomic E-state index is 16.8. The van der Waals surface area contributed by atoms with E-state index in [0.717, 1.165) is 67.3 Å². The van der Waals surface area contributed by atoms with Crippen LogP contribution in [0.3, 0.4) is 0 Å². The van der Waals surface area contributed by atoms with Gasteiger partial charge in [0.15, 0.2) is 5.82 Å². The first-order chi connectivity index (χ1) is 20.9. The van der Waals surface area contributed by atoms with Crippen LogP contribution >= 0.6 is 0 Å². The molecule has 0 saturated carbocycles. The molecule has 0 amide bonds. The van der Waals surface area contributed by atoms with Crippen molar-refractivity contribution in [3.8, 4) is 22.9 Å². The van der Waals surface area contributed by atoms with Crippen molar-refractivity contribution in [2.24, 2.45) is 0 Å².